The Labute approximate surface area is 141 Å². The second kappa shape index (κ2) is 20.4. The summed E-state index contributed by atoms with van der Waals surface area (Å²) in [4.78, 5) is 38.2. The molecule has 0 unspecified atom stereocenters. The predicted molar refractivity (Wildman–Crippen MR) is 87.9 cm³/mol. The molecule has 0 saturated heterocycles. The summed E-state index contributed by atoms with van der Waals surface area (Å²) in [7, 11) is 0. The van der Waals surface area contributed by atoms with Crippen molar-refractivity contribution in [1.29, 1.82) is 0 Å². The third-order valence-electron chi connectivity index (χ3n) is 2.19. The van der Waals surface area contributed by atoms with Crippen LogP contribution in [-0.2, 0) is 19.2 Å². The highest BCUT2D eigenvalue weighted by Crippen LogP contribution is 2.03. The van der Waals surface area contributed by atoms with Crippen molar-refractivity contribution in [1.82, 2.24) is 0 Å². The van der Waals surface area contributed by atoms with Crippen molar-refractivity contribution in [2.24, 2.45) is 0 Å². The zero-order valence-corrected chi connectivity index (χ0v) is 14.0. The van der Waals surface area contributed by atoms with Crippen LogP contribution >= 0.6 is 0 Å². The number of unbranched alkanes of at least 4 members (excludes halogenated alkanes) is 5. The minimum atomic E-state index is -1.26. The van der Waals surface area contributed by atoms with Crippen LogP contribution in [0.4, 0.5) is 0 Å². The fraction of sp³-hybridized carbons (Fsp3) is 0.500. The van der Waals surface area contributed by atoms with Crippen molar-refractivity contribution in [2.75, 3.05) is 0 Å². The van der Waals surface area contributed by atoms with Gasteiger partial charge in [-0.1, -0.05) is 52.4 Å². The van der Waals surface area contributed by atoms with Crippen molar-refractivity contribution in [3.63, 3.8) is 0 Å². The summed E-state index contributed by atoms with van der Waals surface area (Å²) in [5.41, 5.74) is 0. The summed E-state index contributed by atoms with van der Waals surface area (Å²) in [6.45, 7) is 4.51. The summed E-state index contributed by atoms with van der Waals surface area (Å²) in [6.07, 6.45) is 10.7. The Morgan fingerprint density at radius 2 is 0.750 bits per heavy atom. The largest absolute Gasteiger partial charge is 0.478 e. The molecule has 0 rings (SSSR count). The van der Waals surface area contributed by atoms with Crippen molar-refractivity contribution in [3.05, 3.63) is 24.3 Å². The minimum Gasteiger partial charge on any atom is -0.478 e. The van der Waals surface area contributed by atoms with E-state index in [4.69, 9.17) is 20.4 Å². The smallest absolute Gasteiger partial charge is 0.328 e. The molecular formula is C16H26O8. The maximum atomic E-state index is 9.55. The van der Waals surface area contributed by atoms with Gasteiger partial charge < -0.3 is 20.4 Å². The standard InChI is InChI=1S/C8H18.2C4H4O4/c1-3-5-7-8-6-4-2;2*5-3(6)1-2-4(7)8/h3-8H2,1-2H3;2*1-2H,(H,5,6)(H,7,8). The fourth-order valence-corrected chi connectivity index (χ4v) is 1.14. The van der Waals surface area contributed by atoms with E-state index in [2.05, 4.69) is 13.8 Å². The molecule has 0 saturated carbocycles. The first-order valence-electron chi connectivity index (χ1n) is 7.45. The molecule has 138 valence electrons. The number of hydrogen-bond donors (Lipinski definition) is 4. The van der Waals surface area contributed by atoms with Crippen LogP contribution in [-0.4, -0.2) is 44.3 Å². The normalized spacial score (nSPS) is 9.58. The molecule has 0 heterocycles. The zero-order chi connectivity index (χ0) is 19.4. The molecule has 0 aliphatic carbocycles. The predicted octanol–water partition coefficient (Wildman–Crippen LogP) is 2.79. The third kappa shape index (κ3) is 42.7. The molecule has 0 fully saturated rings. The Morgan fingerprint density at radius 3 is 0.875 bits per heavy atom. The van der Waals surface area contributed by atoms with Gasteiger partial charge in [0.2, 0.25) is 0 Å². The van der Waals surface area contributed by atoms with Crippen molar-refractivity contribution < 1.29 is 39.6 Å². The van der Waals surface area contributed by atoms with Gasteiger partial charge in [-0.2, -0.15) is 0 Å². The summed E-state index contributed by atoms with van der Waals surface area (Å²) >= 11 is 0. The molecule has 0 aromatic carbocycles. The highest BCUT2D eigenvalue weighted by molar-refractivity contribution is 5.90. The highest BCUT2D eigenvalue weighted by Gasteiger charge is 1.88. The van der Waals surface area contributed by atoms with Gasteiger partial charge in [0.1, 0.15) is 0 Å². The van der Waals surface area contributed by atoms with Crippen molar-refractivity contribution in [3.8, 4) is 0 Å². The van der Waals surface area contributed by atoms with Gasteiger partial charge in [0, 0.05) is 24.3 Å². The monoisotopic (exact) mass is 346 g/mol. The molecule has 0 radical (unpaired) electrons. The molecule has 0 aliphatic heterocycles. The van der Waals surface area contributed by atoms with Gasteiger partial charge in [0.25, 0.3) is 0 Å². The first-order valence-corrected chi connectivity index (χ1v) is 7.45. The van der Waals surface area contributed by atoms with Gasteiger partial charge >= 0.3 is 23.9 Å². The van der Waals surface area contributed by atoms with Gasteiger partial charge in [-0.3, -0.25) is 0 Å². The SMILES string of the molecule is CCCCCCCC.O=C(O)C=CC(=O)O.O=C(O)C=CC(=O)O. The maximum Gasteiger partial charge on any atom is 0.328 e. The first kappa shape index (κ1) is 26.3. The summed E-state index contributed by atoms with van der Waals surface area (Å²) in [6, 6.07) is 0. The maximum absolute atomic E-state index is 9.55. The van der Waals surface area contributed by atoms with Crippen molar-refractivity contribution >= 4 is 23.9 Å². The Hall–Kier alpha value is -2.64. The highest BCUT2D eigenvalue weighted by atomic mass is 16.4. The van der Waals surface area contributed by atoms with E-state index in [0.29, 0.717) is 24.3 Å². The Balaban J connectivity index is -0.000000276. The van der Waals surface area contributed by atoms with Crippen LogP contribution < -0.4 is 0 Å². The second-order valence-electron chi connectivity index (χ2n) is 4.43. The van der Waals surface area contributed by atoms with E-state index < -0.39 is 23.9 Å². The number of hydrogen-bond acceptors (Lipinski definition) is 4. The quantitative estimate of drug-likeness (QED) is 0.368. The molecule has 4 N–H and O–H groups in total. The van der Waals surface area contributed by atoms with Crippen molar-refractivity contribution in [2.45, 2.75) is 52.4 Å². The van der Waals surface area contributed by atoms with Crippen LogP contribution in [0.3, 0.4) is 0 Å². The summed E-state index contributed by atoms with van der Waals surface area (Å²) < 4.78 is 0. The van der Waals surface area contributed by atoms with Crippen LogP contribution in [0.15, 0.2) is 24.3 Å². The lowest BCUT2D eigenvalue weighted by Gasteiger charge is -1.93. The molecule has 0 bridgehead atoms. The van der Waals surface area contributed by atoms with E-state index in [9.17, 15) is 19.2 Å². The molecule has 0 amide bonds. The lowest BCUT2D eigenvalue weighted by molar-refractivity contribution is -0.134. The fourth-order valence-electron chi connectivity index (χ4n) is 1.14. The topological polar surface area (TPSA) is 149 Å². The lowest BCUT2D eigenvalue weighted by Crippen LogP contribution is -1.91. The minimum absolute atomic E-state index is 0.558. The van der Waals surface area contributed by atoms with Crippen LogP contribution in [0.5, 0.6) is 0 Å². The number of carbonyl (C=O) groups is 4. The van der Waals surface area contributed by atoms with E-state index in [0.717, 1.165) is 0 Å². The average Bonchev–Trinajstić information content (AvgIpc) is 2.49. The van der Waals surface area contributed by atoms with E-state index in [-0.39, 0.29) is 0 Å². The number of aliphatic carboxylic acids is 4. The number of carboxylic acid groups (broad SMARTS) is 4. The summed E-state index contributed by atoms with van der Waals surface area (Å²) in [5.74, 6) is -5.03. The molecule has 0 atom stereocenters. The van der Waals surface area contributed by atoms with E-state index >= 15 is 0 Å². The van der Waals surface area contributed by atoms with Crippen LogP contribution in [0.2, 0.25) is 0 Å². The molecular weight excluding hydrogens is 320 g/mol. The molecule has 24 heavy (non-hydrogen) atoms. The zero-order valence-electron chi connectivity index (χ0n) is 14.0. The van der Waals surface area contributed by atoms with Crippen LogP contribution in [0.1, 0.15) is 52.4 Å². The van der Waals surface area contributed by atoms with E-state index in [1.165, 1.54) is 38.5 Å². The van der Waals surface area contributed by atoms with Crippen LogP contribution in [0, 0.1) is 0 Å². The molecule has 0 aromatic heterocycles. The first-order chi connectivity index (χ1) is 11.2. The van der Waals surface area contributed by atoms with Gasteiger partial charge in [0.15, 0.2) is 0 Å². The van der Waals surface area contributed by atoms with Gasteiger partial charge in [-0.25, -0.2) is 19.2 Å². The molecule has 0 spiro atoms. The van der Waals surface area contributed by atoms with Crippen LogP contribution in [0.25, 0.3) is 0 Å². The summed E-state index contributed by atoms with van der Waals surface area (Å²) in [5, 5.41) is 31.2. The Morgan fingerprint density at radius 1 is 0.542 bits per heavy atom. The van der Waals surface area contributed by atoms with Gasteiger partial charge in [0.05, 0.1) is 0 Å². The van der Waals surface area contributed by atoms with E-state index in [1.807, 2.05) is 0 Å². The average molecular weight is 346 g/mol. The molecule has 0 aromatic rings. The Bertz CT molecular complexity index is 352. The van der Waals surface area contributed by atoms with Gasteiger partial charge in [-0.05, 0) is 0 Å². The van der Waals surface area contributed by atoms with Gasteiger partial charge in [-0.15, -0.1) is 0 Å². The number of rotatable bonds is 9. The molecule has 8 nitrogen and oxygen atoms in total. The number of carboxylic acids is 4. The lowest BCUT2D eigenvalue weighted by atomic mass is 10.1. The second-order valence-corrected chi connectivity index (χ2v) is 4.43. The molecule has 8 heteroatoms. The Kier molecular flexibility index (Phi) is 22.3. The third-order valence-corrected chi connectivity index (χ3v) is 2.19. The van der Waals surface area contributed by atoms with E-state index in [1.54, 1.807) is 0 Å². The molecule has 0 aliphatic rings.